The summed E-state index contributed by atoms with van der Waals surface area (Å²) in [5.74, 6) is 0.611. The Kier molecular flexibility index (Phi) is 5.29. The Morgan fingerprint density at radius 2 is 2.00 bits per heavy atom. The third-order valence-corrected chi connectivity index (χ3v) is 4.87. The number of hydrogen-bond donors (Lipinski definition) is 1. The summed E-state index contributed by atoms with van der Waals surface area (Å²) in [5, 5.41) is 4.45. The average Bonchev–Trinajstić information content (AvgIpc) is 2.40. The molecule has 1 unspecified atom stereocenters. The van der Waals surface area contributed by atoms with Crippen molar-refractivity contribution in [2.24, 2.45) is 5.41 Å². The van der Waals surface area contributed by atoms with E-state index in [1.165, 1.54) is 37.7 Å². The van der Waals surface area contributed by atoms with E-state index in [4.69, 9.17) is 11.6 Å². The lowest BCUT2D eigenvalue weighted by Gasteiger charge is -2.45. The Balaban J connectivity index is 2.32. The molecule has 0 radical (unpaired) electrons. The van der Waals surface area contributed by atoms with Crippen LogP contribution in [0.1, 0.15) is 57.4 Å². The second kappa shape index (κ2) is 6.76. The lowest BCUT2D eigenvalue weighted by molar-refractivity contribution is 0.130. The molecule has 0 aromatic heterocycles. The van der Waals surface area contributed by atoms with E-state index in [9.17, 15) is 0 Å². The summed E-state index contributed by atoms with van der Waals surface area (Å²) in [6, 6.07) is 8.49. The first-order chi connectivity index (χ1) is 9.22. The summed E-state index contributed by atoms with van der Waals surface area (Å²) in [4.78, 5) is 0. The van der Waals surface area contributed by atoms with Gasteiger partial charge in [-0.15, -0.1) is 0 Å². The molecule has 1 aromatic carbocycles. The van der Waals surface area contributed by atoms with E-state index in [0.717, 1.165) is 18.1 Å². The van der Waals surface area contributed by atoms with Gasteiger partial charge in [0, 0.05) is 17.5 Å². The number of halogens is 1. The van der Waals surface area contributed by atoms with Gasteiger partial charge in [-0.1, -0.05) is 50.4 Å². The SMILES string of the molecule is CCCC1(CCC)CCNCC1c1cccc(Cl)c1. The molecule has 0 saturated carbocycles. The smallest absolute Gasteiger partial charge is 0.0408 e. The van der Waals surface area contributed by atoms with Crippen LogP contribution in [0.3, 0.4) is 0 Å². The molecule has 0 bridgehead atoms. The second-order valence-electron chi connectivity index (χ2n) is 5.92. The molecule has 1 aromatic rings. The van der Waals surface area contributed by atoms with Crippen LogP contribution in [0, 0.1) is 5.41 Å². The molecule has 2 heteroatoms. The molecule has 1 heterocycles. The largest absolute Gasteiger partial charge is 0.316 e. The van der Waals surface area contributed by atoms with E-state index in [-0.39, 0.29) is 0 Å². The van der Waals surface area contributed by atoms with Crippen LogP contribution in [-0.2, 0) is 0 Å². The third kappa shape index (κ3) is 3.32. The van der Waals surface area contributed by atoms with Crippen LogP contribution in [0.25, 0.3) is 0 Å². The highest BCUT2D eigenvalue weighted by molar-refractivity contribution is 6.30. The van der Waals surface area contributed by atoms with E-state index >= 15 is 0 Å². The van der Waals surface area contributed by atoms with Gasteiger partial charge in [-0.05, 0) is 48.9 Å². The lowest BCUT2D eigenvalue weighted by atomic mass is 9.63. The molecule has 1 fully saturated rings. The normalized spacial score (nSPS) is 22.4. The minimum atomic E-state index is 0.472. The van der Waals surface area contributed by atoms with E-state index in [2.05, 4.69) is 37.4 Å². The van der Waals surface area contributed by atoms with Crippen molar-refractivity contribution in [1.29, 1.82) is 0 Å². The van der Waals surface area contributed by atoms with Crippen LogP contribution in [0.5, 0.6) is 0 Å². The summed E-state index contributed by atoms with van der Waals surface area (Å²) in [6.45, 7) is 6.89. The van der Waals surface area contributed by atoms with Gasteiger partial charge in [0.05, 0.1) is 0 Å². The average molecular weight is 280 g/mol. The second-order valence-corrected chi connectivity index (χ2v) is 6.36. The van der Waals surface area contributed by atoms with E-state index in [1.54, 1.807) is 0 Å². The van der Waals surface area contributed by atoms with Crippen LogP contribution in [0.15, 0.2) is 24.3 Å². The van der Waals surface area contributed by atoms with Gasteiger partial charge in [-0.3, -0.25) is 0 Å². The summed E-state index contributed by atoms with van der Waals surface area (Å²) in [6.07, 6.45) is 6.51. The zero-order valence-corrected chi connectivity index (χ0v) is 13.0. The Morgan fingerprint density at radius 1 is 1.26 bits per heavy atom. The van der Waals surface area contributed by atoms with Gasteiger partial charge in [0.15, 0.2) is 0 Å². The van der Waals surface area contributed by atoms with Gasteiger partial charge in [-0.25, -0.2) is 0 Å². The predicted octanol–water partition coefficient (Wildman–Crippen LogP) is 5.00. The minimum Gasteiger partial charge on any atom is -0.316 e. The molecule has 19 heavy (non-hydrogen) atoms. The molecule has 1 saturated heterocycles. The predicted molar refractivity (Wildman–Crippen MR) is 83.9 cm³/mol. The van der Waals surface area contributed by atoms with Gasteiger partial charge in [0.2, 0.25) is 0 Å². The molecule has 1 N–H and O–H groups in total. The summed E-state index contributed by atoms with van der Waals surface area (Å²) < 4.78 is 0. The Morgan fingerprint density at radius 3 is 2.63 bits per heavy atom. The Bertz CT molecular complexity index is 390. The fourth-order valence-electron chi connectivity index (χ4n) is 3.89. The van der Waals surface area contributed by atoms with Crippen molar-refractivity contribution in [3.63, 3.8) is 0 Å². The monoisotopic (exact) mass is 279 g/mol. The highest BCUT2D eigenvalue weighted by Gasteiger charge is 2.39. The zero-order chi connectivity index (χ0) is 13.7. The zero-order valence-electron chi connectivity index (χ0n) is 12.2. The van der Waals surface area contributed by atoms with Crippen molar-refractivity contribution in [2.45, 2.75) is 51.9 Å². The maximum Gasteiger partial charge on any atom is 0.0408 e. The Hall–Kier alpha value is -0.530. The first-order valence-corrected chi connectivity index (χ1v) is 8.06. The molecule has 0 spiro atoms. The fraction of sp³-hybridized carbons (Fsp3) is 0.647. The van der Waals surface area contributed by atoms with Crippen molar-refractivity contribution in [2.75, 3.05) is 13.1 Å². The number of piperidine rings is 1. The highest BCUT2D eigenvalue weighted by Crippen LogP contribution is 2.48. The van der Waals surface area contributed by atoms with Gasteiger partial charge >= 0.3 is 0 Å². The van der Waals surface area contributed by atoms with Gasteiger partial charge in [-0.2, -0.15) is 0 Å². The first kappa shape index (κ1) is 14.9. The van der Waals surface area contributed by atoms with Crippen molar-refractivity contribution in [1.82, 2.24) is 5.32 Å². The van der Waals surface area contributed by atoms with Crippen molar-refractivity contribution >= 4 is 11.6 Å². The minimum absolute atomic E-state index is 0.472. The molecule has 0 amide bonds. The maximum absolute atomic E-state index is 6.19. The van der Waals surface area contributed by atoms with Crippen molar-refractivity contribution in [3.8, 4) is 0 Å². The molecule has 1 nitrogen and oxygen atoms in total. The van der Waals surface area contributed by atoms with Crippen LogP contribution >= 0.6 is 11.6 Å². The number of benzene rings is 1. The van der Waals surface area contributed by atoms with Gasteiger partial charge in [0.25, 0.3) is 0 Å². The summed E-state index contributed by atoms with van der Waals surface area (Å²) >= 11 is 6.19. The molecular formula is C17H26ClN. The molecule has 0 aliphatic carbocycles. The number of rotatable bonds is 5. The van der Waals surface area contributed by atoms with Crippen LogP contribution < -0.4 is 5.32 Å². The standard InChI is InChI=1S/C17H26ClN/c1-3-8-17(9-4-2)10-11-19-13-16(17)14-6-5-7-15(18)12-14/h5-7,12,16,19H,3-4,8-11,13H2,1-2H3. The molecule has 2 rings (SSSR count). The highest BCUT2D eigenvalue weighted by atomic mass is 35.5. The number of nitrogens with one attached hydrogen (secondary N) is 1. The topological polar surface area (TPSA) is 12.0 Å². The van der Waals surface area contributed by atoms with E-state index < -0.39 is 0 Å². The number of hydrogen-bond acceptors (Lipinski definition) is 1. The molecule has 1 atom stereocenters. The summed E-state index contributed by atoms with van der Waals surface area (Å²) in [5.41, 5.74) is 1.89. The molecular weight excluding hydrogens is 254 g/mol. The lowest BCUT2D eigenvalue weighted by Crippen LogP contribution is -2.43. The van der Waals surface area contributed by atoms with E-state index in [0.29, 0.717) is 11.3 Å². The van der Waals surface area contributed by atoms with E-state index in [1.807, 2.05) is 6.07 Å². The van der Waals surface area contributed by atoms with Crippen LogP contribution in [0.2, 0.25) is 5.02 Å². The quantitative estimate of drug-likeness (QED) is 0.799. The molecule has 106 valence electrons. The van der Waals surface area contributed by atoms with Crippen molar-refractivity contribution < 1.29 is 0 Å². The first-order valence-electron chi connectivity index (χ1n) is 7.68. The summed E-state index contributed by atoms with van der Waals surface area (Å²) in [7, 11) is 0. The van der Waals surface area contributed by atoms with Crippen LogP contribution in [0.4, 0.5) is 0 Å². The van der Waals surface area contributed by atoms with Gasteiger partial charge < -0.3 is 5.32 Å². The van der Waals surface area contributed by atoms with Gasteiger partial charge in [0.1, 0.15) is 0 Å². The fourth-order valence-corrected chi connectivity index (χ4v) is 4.09. The maximum atomic E-state index is 6.19. The van der Waals surface area contributed by atoms with Crippen molar-refractivity contribution in [3.05, 3.63) is 34.9 Å². The Labute approximate surface area is 122 Å². The third-order valence-electron chi connectivity index (χ3n) is 4.63. The molecule has 1 aliphatic rings. The van der Waals surface area contributed by atoms with Crippen LogP contribution in [-0.4, -0.2) is 13.1 Å². The molecule has 1 aliphatic heterocycles.